The van der Waals surface area contributed by atoms with Crippen molar-refractivity contribution in [2.75, 3.05) is 12.8 Å². The van der Waals surface area contributed by atoms with E-state index in [0.717, 1.165) is 12.0 Å². The van der Waals surface area contributed by atoms with E-state index in [9.17, 15) is 8.42 Å². The molecule has 3 N–H and O–H groups in total. The van der Waals surface area contributed by atoms with Gasteiger partial charge >= 0.3 is 0 Å². The van der Waals surface area contributed by atoms with Gasteiger partial charge in [0.05, 0.1) is 0 Å². The minimum Gasteiger partial charge on any atom is -0.262 e. The smallest absolute Gasteiger partial charge is 0.262 e. The molecule has 0 aliphatic rings. The van der Waals surface area contributed by atoms with Crippen LogP contribution in [0, 0.1) is 0 Å². The lowest BCUT2D eigenvalue weighted by Gasteiger charge is -2.04. The van der Waals surface area contributed by atoms with Crippen molar-refractivity contribution < 1.29 is 8.42 Å². The van der Waals surface area contributed by atoms with E-state index in [4.69, 9.17) is 5.14 Å². The molecule has 0 heterocycles. The van der Waals surface area contributed by atoms with E-state index in [1.165, 1.54) is 11.8 Å². The maximum Gasteiger partial charge on any atom is 0.298 e. The van der Waals surface area contributed by atoms with E-state index in [-0.39, 0.29) is 0 Å². The van der Waals surface area contributed by atoms with E-state index < -0.39 is 10.2 Å². The van der Waals surface area contributed by atoms with Gasteiger partial charge in [0.15, 0.2) is 5.17 Å². The van der Waals surface area contributed by atoms with Gasteiger partial charge in [0, 0.05) is 6.54 Å². The van der Waals surface area contributed by atoms with Crippen LogP contribution in [0.5, 0.6) is 0 Å². The van der Waals surface area contributed by atoms with Crippen molar-refractivity contribution in [1.82, 2.24) is 4.72 Å². The van der Waals surface area contributed by atoms with Crippen LogP contribution in [0.4, 0.5) is 0 Å². The zero-order valence-corrected chi connectivity index (χ0v) is 11.1. The predicted molar refractivity (Wildman–Crippen MR) is 72.2 cm³/mol. The largest absolute Gasteiger partial charge is 0.298 e. The topological polar surface area (TPSA) is 84.5 Å². The van der Waals surface area contributed by atoms with Gasteiger partial charge in [0.1, 0.15) is 0 Å². The van der Waals surface area contributed by atoms with Crippen molar-refractivity contribution in [2.45, 2.75) is 6.42 Å². The summed E-state index contributed by atoms with van der Waals surface area (Å²) in [5.74, 6) is 0. The summed E-state index contributed by atoms with van der Waals surface area (Å²) >= 11 is 1.21. The summed E-state index contributed by atoms with van der Waals surface area (Å²) in [7, 11) is -3.73. The second-order valence-electron chi connectivity index (χ2n) is 3.27. The zero-order valence-electron chi connectivity index (χ0n) is 9.46. The summed E-state index contributed by atoms with van der Waals surface area (Å²) in [5.41, 5.74) is 1.16. The maximum absolute atomic E-state index is 10.8. The summed E-state index contributed by atoms with van der Waals surface area (Å²) in [6, 6.07) is 9.86. The summed E-state index contributed by atoms with van der Waals surface area (Å²) < 4.78 is 23.8. The van der Waals surface area contributed by atoms with Crippen molar-refractivity contribution in [3.63, 3.8) is 0 Å². The number of thioether (sulfide) groups is 1. The molecule has 0 aliphatic carbocycles. The Morgan fingerprint density at radius 2 is 2.06 bits per heavy atom. The highest BCUT2D eigenvalue weighted by Gasteiger charge is 2.04. The minimum atomic E-state index is -3.73. The second kappa shape index (κ2) is 6.63. The molecule has 0 aromatic heterocycles. The number of hydrogen-bond donors (Lipinski definition) is 2. The van der Waals surface area contributed by atoms with Crippen molar-refractivity contribution in [1.29, 1.82) is 0 Å². The number of nitrogens with zero attached hydrogens (tertiary/aromatic N) is 1. The van der Waals surface area contributed by atoms with E-state index in [1.54, 1.807) is 6.26 Å². The molecule has 94 valence electrons. The van der Waals surface area contributed by atoms with Gasteiger partial charge in [0.2, 0.25) is 0 Å². The lowest BCUT2D eigenvalue weighted by molar-refractivity contribution is 0.594. The van der Waals surface area contributed by atoms with Gasteiger partial charge < -0.3 is 0 Å². The highest BCUT2D eigenvalue weighted by atomic mass is 32.2. The molecule has 0 saturated heterocycles. The van der Waals surface area contributed by atoms with Crippen LogP contribution in [0.25, 0.3) is 0 Å². The zero-order chi connectivity index (χ0) is 12.7. The lowest BCUT2D eigenvalue weighted by Crippen LogP contribution is -2.34. The van der Waals surface area contributed by atoms with Crippen molar-refractivity contribution in [3.05, 3.63) is 35.9 Å². The third-order valence-corrected chi connectivity index (χ3v) is 3.15. The molecule has 7 heteroatoms. The van der Waals surface area contributed by atoms with Gasteiger partial charge in [0.25, 0.3) is 10.2 Å². The van der Waals surface area contributed by atoms with E-state index in [2.05, 4.69) is 9.71 Å². The van der Waals surface area contributed by atoms with Gasteiger partial charge in [-0.3, -0.25) is 4.99 Å². The van der Waals surface area contributed by atoms with E-state index in [1.807, 2.05) is 30.3 Å². The summed E-state index contributed by atoms with van der Waals surface area (Å²) in [6.45, 7) is 0.517. The van der Waals surface area contributed by atoms with E-state index in [0.29, 0.717) is 11.7 Å². The third kappa shape index (κ3) is 6.30. The maximum atomic E-state index is 10.8. The molecular weight excluding hydrogens is 258 g/mol. The monoisotopic (exact) mass is 273 g/mol. The first-order chi connectivity index (χ1) is 8.01. The fraction of sp³-hybridized carbons (Fsp3) is 0.300. The molecule has 0 spiro atoms. The SMILES string of the molecule is CSC(=NCCc1ccccc1)NS(N)(=O)=O. The Morgan fingerprint density at radius 3 is 2.59 bits per heavy atom. The van der Waals surface area contributed by atoms with Crippen LogP contribution >= 0.6 is 11.8 Å². The van der Waals surface area contributed by atoms with Gasteiger partial charge in [-0.25, -0.2) is 9.86 Å². The fourth-order valence-corrected chi connectivity index (χ4v) is 2.40. The van der Waals surface area contributed by atoms with Gasteiger partial charge in [-0.05, 0) is 18.2 Å². The number of nitrogens with two attached hydrogens (primary N) is 1. The van der Waals surface area contributed by atoms with E-state index >= 15 is 0 Å². The first kappa shape index (κ1) is 14.0. The first-order valence-corrected chi connectivity index (χ1v) is 7.71. The normalized spacial score (nSPS) is 12.5. The van der Waals surface area contributed by atoms with Crippen LogP contribution in [0.1, 0.15) is 5.56 Å². The molecule has 0 fully saturated rings. The average molecular weight is 273 g/mol. The Kier molecular flexibility index (Phi) is 5.46. The van der Waals surface area contributed by atoms with Crippen molar-refractivity contribution in [3.8, 4) is 0 Å². The van der Waals surface area contributed by atoms with Gasteiger partial charge in [-0.1, -0.05) is 42.1 Å². The summed E-state index contributed by atoms with van der Waals surface area (Å²) in [4.78, 5) is 4.13. The minimum absolute atomic E-state index is 0.309. The molecule has 0 aliphatic heterocycles. The highest BCUT2D eigenvalue weighted by molar-refractivity contribution is 8.14. The molecule has 0 saturated carbocycles. The van der Waals surface area contributed by atoms with Crippen LogP contribution in [0.15, 0.2) is 35.3 Å². The predicted octanol–water partition coefficient (Wildman–Crippen LogP) is 0.741. The number of rotatable bonds is 4. The molecule has 0 unspecified atom stereocenters. The summed E-state index contributed by atoms with van der Waals surface area (Å²) in [6.07, 6.45) is 2.50. The molecule has 1 aromatic rings. The highest BCUT2D eigenvalue weighted by Crippen LogP contribution is 2.01. The quantitative estimate of drug-likeness (QED) is 0.627. The molecule has 0 radical (unpaired) electrons. The van der Waals surface area contributed by atoms with Crippen LogP contribution in [-0.2, 0) is 16.6 Å². The second-order valence-corrected chi connectivity index (χ2v) is 5.36. The standard InChI is InChI=1S/C10H15N3O2S2/c1-16-10(13-17(11,14)15)12-8-7-9-5-3-2-4-6-9/h2-6H,7-8H2,1H3,(H,12,13)(H2,11,14,15). The molecule has 0 amide bonds. The Bertz CT molecular complexity index is 472. The molecule has 1 aromatic carbocycles. The molecule has 17 heavy (non-hydrogen) atoms. The summed E-state index contributed by atoms with van der Waals surface area (Å²) in [5, 5.41) is 5.17. The number of aliphatic imine (C=N–C) groups is 1. The number of amidine groups is 1. The Hall–Kier alpha value is -1.05. The van der Waals surface area contributed by atoms with Crippen LogP contribution < -0.4 is 9.86 Å². The number of benzene rings is 1. The molecule has 0 bridgehead atoms. The van der Waals surface area contributed by atoms with Crippen molar-refractivity contribution >= 4 is 27.1 Å². The van der Waals surface area contributed by atoms with Gasteiger partial charge in [-0.15, -0.1) is 0 Å². The van der Waals surface area contributed by atoms with Crippen LogP contribution in [0.3, 0.4) is 0 Å². The fourth-order valence-electron chi connectivity index (χ4n) is 1.19. The molecule has 5 nitrogen and oxygen atoms in total. The van der Waals surface area contributed by atoms with Crippen LogP contribution in [-0.4, -0.2) is 26.4 Å². The number of nitrogens with one attached hydrogen (secondary N) is 1. The first-order valence-electron chi connectivity index (χ1n) is 4.94. The average Bonchev–Trinajstić information content (AvgIpc) is 2.27. The Balaban J connectivity index is 2.51. The molecule has 0 atom stereocenters. The Labute approximate surface area is 106 Å². The van der Waals surface area contributed by atoms with Crippen molar-refractivity contribution in [2.24, 2.45) is 10.1 Å². The third-order valence-electron chi connectivity index (χ3n) is 1.92. The lowest BCUT2D eigenvalue weighted by atomic mass is 10.2. The number of hydrogen-bond acceptors (Lipinski definition) is 4. The molecule has 1 rings (SSSR count). The Morgan fingerprint density at radius 1 is 1.41 bits per heavy atom. The molecular formula is C10H15N3O2S2. The van der Waals surface area contributed by atoms with Crippen LogP contribution in [0.2, 0.25) is 0 Å². The van der Waals surface area contributed by atoms with Gasteiger partial charge in [-0.2, -0.15) is 8.42 Å².